The van der Waals surface area contributed by atoms with Gasteiger partial charge in [0, 0.05) is 26.2 Å². The molecule has 1 N–H and O–H groups in total. The zero-order valence-corrected chi connectivity index (χ0v) is 13.7. The second kappa shape index (κ2) is 7.69. The zero-order valence-electron chi connectivity index (χ0n) is 13.0. The molecule has 0 aromatic heterocycles. The number of rotatable bonds is 4. The van der Waals surface area contributed by atoms with Crippen LogP contribution in [0.25, 0.3) is 0 Å². The van der Waals surface area contributed by atoms with E-state index in [-0.39, 0.29) is 5.91 Å². The summed E-state index contributed by atoms with van der Waals surface area (Å²) >= 11 is 6.24. The van der Waals surface area contributed by atoms with Gasteiger partial charge in [0.25, 0.3) is 5.91 Å². The maximum absolute atomic E-state index is 12.0. The number of nitrogens with zero attached hydrogens (tertiary/aromatic N) is 1. The molecule has 1 aliphatic carbocycles. The van der Waals surface area contributed by atoms with Gasteiger partial charge in [-0.1, -0.05) is 37.3 Å². The number of hydrogen-bond acceptors (Lipinski definition) is 2. The molecule has 1 aliphatic rings. The number of halogens is 1. The second-order valence-electron chi connectivity index (χ2n) is 6.13. The summed E-state index contributed by atoms with van der Waals surface area (Å²) in [5, 5.41) is 4.12. The van der Waals surface area contributed by atoms with E-state index in [1.54, 1.807) is 31.1 Å². The molecule has 3 nitrogen and oxygen atoms in total. The van der Waals surface area contributed by atoms with Gasteiger partial charge in [0.2, 0.25) is 0 Å². The fourth-order valence-corrected chi connectivity index (χ4v) is 3.06. The van der Waals surface area contributed by atoms with Crippen molar-refractivity contribution < 1.29 is 4.79 Å². The minimum absolute atomic E-state index is 0.00387. The molecular weight excluding hydrogens is 284 g/mol. The Bertz CT molecular complexity index is 480. The van der Waals surface area contributed by atoms with Crippen LogP contribution < -0.4 is 5.32 Å². The molecule has 0 radical (unpaired) electrons. The average molecular weight is 309 g/mol. The molecule has 2 rings (SSSR count). The van der Waals surface area contributed by atoms with Crippen molar-refractivity contribution in [2.45, 2.75) is 38.5 Å². The quantitative estimate of drug-likeness (QED) is 0.835. The number of carbonyl (C=O) groups excluding carboxylic acids is 1. The van der Waals surface area contributed by atoms with Crippen LogP contribution in [-0.2, 0) is 0 Å². The van der Waals surface area contributed by atoms with Crippen molar-refractivity contribution in [3.63, 3.8) is 0 Å². The molecule has 1 fully saturated rings. The highest BCUT2D eigenvalue weighted by Crippen LogP contribution is 2.27. The van der Waals surface area contributed by atoms with Crippen LogP contribution >= 0.6 is 11.6 Å². The van der Waals surface area contributed by atoms with Crippen LogP contribution in [0.5, 0.6) is 0 Å². The van der Waals surface area contributed by atoms with E-state index in [0.717, 1.165) is 18.2 Å². The molecule has 1 aromatic rings. The van der Waals surface area contributed by atoms with Gasteiger partial charge >= 0.3 is 0 Å². The first-order valence-corrected chi connectivity index (χ1v) is 8.21. The highest BCUT2D eigenvalue weighted by molar-refractivity contribution is 6.33. The molecule has 1 aromatic carbocycles. The van der Waals surface area contributed by atoms with Gasteiger partial charge < -0.3 is 10.2 Å². The molecule has 0 unspecified atom stereocenters. The normalized spacial score (nSPS) is 16.3. The van der Waals surface area contributed by atoms with Gasteiger partial charge in [-0.2, -0.15) is 0 Å². The predicted molar refractivity (Wildman–Crippen MR) is 89.2 cm³/mol. The summed E-state index contributed by atoms with van der Waals surface area (Å²) in [6.45, 7) is 0.944. The lowest BCUT2D eigenvalue weighted by molar-refractivity contribution is 0.0827. The Morgan fingerprint density at radius 1 is 1.24 bits per heavy atom. The van der Waals surface area contributed by atoms with E-state index in [9.17, 15) is 4.79 Å². The molecule has 1 saturated carbocycles. The molecule has 0 atom stereocenters. The molecule has 21 heavy (non-hydrogen) atoms. The van der Waals surface area contributed by atoms with Crippen LogP contribution in [0.1, 0.15) is 48.9 Å². The first-order chi connectivity index (χ1) is 10.1. The molecule has 1 amide bonds. The van der Waals surface area contributed by atoms with Crippen molar-refractivity contribution in [3.05, 3.63) is 28.8 Å². The van der Waals surface area contributed by atoms with Gasteiger partial charge in [-0.05, 0) is 37.0 Å². The van der Waals surface area contributed by atoms with Gasteiger partial charge in [-0.15, -0.1) is 0 Å². The number of nitrogens with one attached hydrogen (secondary N) is 1. The molecule has 0 saturated heterocycles. The third-order valence-corrected chi connectivity index (χ3v) is 4.51. The summed E-state index contributed by atoms with van der Waals surface area (Å²) in [6, 6.07) is 5.44. The first kappa shape index (κ1) is 16.2. The Hall–Kier alpha value is -1.22. The minimum atomic E-state index is 0.00387. The van der Waals surface area contributed by atoms with E-state index in [4.69, 9.17) is 11.6 Å². The lowest BCUT2D eigenvalue weighted by Gasteiger charge is -2.17. The number of benzene rings is 1. The third kappa shape index (κ3) is 4.63. The largest absolute Gasteiger partial charge is 0.384 e. The Balaban J connectivity index is 2.01. The van der Waals surface area contributed by atoms with Crippen LogP contribution in [-0.4, -0.2) is 31.4 Å². The van der Waals surface area contributed by atoms with Crippen LogP contribution in [0.3, 0.4) is 0 Å². The monoisotopic (exact) mass is 308 g/mol. The predicted octanol–water partition coefficient (Wildman–Crippen LogP) is 4.42. The maximum atomic E-state index is 12.0. The van der Waals surface area contributed by atoms with Crippen molar-refractivity contribution in [1.29, 1.82) is 0 Å². The molecule has 116 valence electrons. The van der Waals surface area contributed by atoms with E-state index in [0.29, 0.717) is 10.6 Å². The van der Waals surface area contributed by atoms with Crippen molar-refractivity contribution in [2.75, 3.05) is 26.0 Å². The molecular formula is C17H25ClN2O. The third-order valence-electron chi connectivity index (χ3n) is 4.18. The SMILES string of the molecule is CN(C)C(=O)c1ccc(Cl)c(NCC2CCCCCC2)c1. The number of hydrogen-bond donors (Lipinski definition) is 1. The Morgan fingerprint density at radius 3 is 2.52 bits per heavy atom. The highest BCUT2D eigenvalue weighted by atomic mass is 35.5. The van der Waals surface area contributed by atoms with Crippen LogP contribution in [0, 0.1) is 5.92 Å². The summed E-state index contributed by atoms with van der Waals surface area (Å²) in [5.41, 5.74) is 1.54. The number of anilines is 1. The Labute approximate surface area is 132 Å². The van der Waals surface area contributed by atoms with E-state index < -0.39 is 0 Å². The zero-order chi connectivity index (χ0) is 15.2. The van der Waals surface area contributed by atoms with E-state index in [2.05, 4.69) is 5.32 Å². The number of carbonyl (C=O) groups is 1. The second-order valence-corrected chi connectivity index (χ2v) is 6.54. The summed E-state index contributed by atoms with van der Waals surface area (Å²) in [5.74, 6) is 0.723. The minimum Gasteiger partial charge on any atom is -0.384 e. The average Bonchev–Trinajstić information content (AvgIpc) is 2.74. The molecule has 0 heterocycles. The lowest BCUT2D eigenvalue weighted by Crippen LogP contribution is -2.22. The summed E-state index contributed by atoms with van der Waals surface area (Å²) in [7, 11) is 3.52. The molecule has 0 bridgehead atoms. The standard InChI is InChI=1S/C17H25ClN2O/c1-20(2)17(21)14-9-10-15(18)16(11-14)19-12-13-7-5-3-4-6-8-13/h9-11,13,19H,3-8,12H2,1-2H3. The highest BCUT2D eigenvalue weighted by Gasteiger charge is 2.14. The smallest absolute Gasteiger partial charge is 0.253 e. The van der Waals surface area contributed by atoms with Crippen molar-refractivity contribution in [2.24, 2.45) is 5.92 Å². The van der Waals surface area contributed by atoms with Crippen molar-refractivity contribution in [1.82, 2.24) is 4.90 Å². The summed E-state index contributed by atoms with van der Waals surface area (Å²) in [6.07, 6.45) is 7.98. The van der Waals surface area contributed by atoms with Crippen LogP contribution in [0.2, 0.25) is 5.02 Å². The molecule has 4 heteroatoms. The fraction of sp³-hybridized carbons (Fsp3) is 0.588. The van der Waals surface area contributed by atoms with Crippen LogP contribution in [0.4, 0.5) is 5.69 Å². The number of amides is 1. The lowest BCUT2D eigenvalue weighted by atomic mass is 10.0. The van der Waals surface area contributed by atoms with Crippen LogP contribution in [0.15, 0.2) is 18.2 Å². The van der Waals surface area contributed by atoms with Gasteiger partial charge in [-0.3, -0.25) is 4.79 Å². The fourth-order valence-electron chi connectivity index (χ4n) is 2.87. The van der Waals surface area contributed by atoms with Gasteiger partial charge in [0.15, 0.2) is 0 Å². The van der Waals surface area contributed by atoms with Gasteiger partial charge in [-0.25, -0.2) is 0 Å². The van der Waals surface area contributed by atoms with Gasteiger partial charge in [0.1, 0.15) is 0 Å². The summed E-state index contributed by atoms with van der Waals surface area (Å²) in [4.78, 5) is 13.6. The summed E-state index contributed by atoms with van der Waals surface area (Å²) < 4.78 is 0. The first-order valence-electron chi connectivity index (χ1n) is 7.83. The molecule has 0 spiro atoms. The van der Waals surface area contributed by atoms with Crippen molar-refractivity contribution in [3.8, 4) is 0 Å². The topological polar surface area (TPSA) is 32.3 Å². The Morgan fingerprint density at radius 2 is 1.90 bits per heavy atom. The van der Waals surface area contributed by atoms with E-state index in [1.165, 1.54) is 38.5 Å². The maximum Gasteiger partial charge on any atom is 0.253 e. The van der Waals surface area contributed by atoms with E-state index >= 15 is 0 Å². The Kier molecular flexibility index (Phi) is 5.92. The molecule has 0 aliphatic heterocycles. The van der Waals surface area contributed by atoms with E-state index in [1.807, 2.05) is 6.07 Å². The van der Waals surface area contributed by atoms with Crippen molar-refractivity contribution >= 4 is 23.2 Å². The van der Waals surface area contributed by atoms with Gasteiger partial charge in [0.05, 0.1) is 10.7 Å².